The summed E-state index contributed by atoms with van der Waals surface area (Å²) >= 11 is 0. The maximum atomic E-state index is 13.3. The first-order valence-electron chi connectivity index (χ1n) is 12.9. The van der Waals surface area contributed by atoms with E-state index in [4.69, 9.17) is 8.83 Å². The topological polar surface area (TPSA) is 116 Å². The number of nitrogens with zero attached hydrogens (tertiary/aromatic N) is 4. The van der Waals surface area contributed by atoms with Crippen molar-refractivity contribution in [3.8, 4) is 17.7 Å². The van der Waals surface area contributed by atoms with Crippen molar-refractivity contribution in [3.63, 3.8) is 0 Å². The number of rotatable bonds is 5. The number of oxazole rings is 1. The summed E-state index contributed by atoms with van der Waals surface area (Å²) in [5, 5.41) is 12.8. The van der Waals surface area contributed by atoms with Crippen LogP contribution in [0.3, 0.4) is 0 Å². The molecule has 2 aromatic rings. The van der Waals surface area contributed by atoms with Gasteiger partial charge in [-0.25, -0.2) is 0 Å². The minimum atomic E-state index is -0.109. The Bertz CT molecular complexity index is 1060. The molecule has 1 atom stereocenters. The molecule has 0 aromatic carbocycles. The van der Waals surface area contributed by atoms with Gasteiger partial charge in [-0.1, -0.05) is 19.3 Å². The first kappa shape index (κ1) is 23.5. The van der Waals surface area contributed by atoms with Crippen molar-refractivity contribution in [1.29, 1.82) is 5.26 Å². The van der Waals surface area contributed by atoms with Crippen LogP contribution >= 0.6 is 0 Å². The SMILES string of the molecule is N#Cc1nc(-c2ccco2)oc1N1CCC(C(=O)N2CCCC(C(=O)NC3CCCCC3)C2)CC1. The zero-order valence-corrected chi connectivity index (χ0v) is 20.1. The van der Waals surface area contributed by atoms with E-state index in [1.54, 1.807) is 12.1 Å². The van der Waals surface area contributed by atoms with Crippen molar-refractivity contribution >= 4 is 17.7 Å². The number of amides is 2. The highest BCUT2D eigenvalue weighted by Crippen LogP contribution is 2.32. The largest absolute Gasteiger partial charge is 0.459 e. The highest BCUT2D eigenvalue weighted by Gasteiger charge is 2.35. The Morgan fingerprint density at radius 2 is 1.83 bits per heavy atom. The Balaban J connectivity index is 1.16. The zero-order chi connectivity index (χ0) is 24.2. The molecule has 2 saturated heterocycles. The van der Waals surface area contributed by atoms with E-state index in [2.05, 4.69) is 16.4 Å². The molecular weight excluding hydrogens is 446 g/mol. The maximum absolute atomic E-state index is 13.3. The van der Waals surface area contributed by atoms with Crippen LogP contribution in [-0.4, -0.2) is 53.9 Å². The lowest BCUT2D eigenvalue weighted by atomic mass is 9.91. The Morgan fingerprint density at radius 3 is 2.54 bits per heavy atom. The highest BCUT2D eigenvalue weighted by atomic mass is 16.4. The number of hydrogen-bond donors (Lipinski definition) is 1. The van der Waals surface area contributed by atoms with Crippen molar-refractivity contribution in [2.24, 2.45) is 11.8 Å². The molecule has 5 rings (SSSR count). The molecule has 35 heavy (non-hydrogen) atoms. The Morgan fingerprint density at radius 1 is 1.03 bits per heavy atom. The fraction of sp³-hybridized carbons (Fsp3) is 0.615. The predicted molar refractivity (Wildman–Crippen MR) is 128 cm³/mol. The molecule has 9 heteroatoms. The van der Waals surface area contributed by atoms with E-state index < -0.39 is 0 Å². The third kappa shape index (κ3) is 5.21. The molecule has 3 fully saturated rings. The number of nitrogens with one attached hydrogen (secondary N) is 1. The molecule has 1 aliphatic carbocycles. The van der Waals surface area contributed by atoms with Crippen LogP contribution in [0, 0.1) is 23.2 Å². The van der Waals surface area contributed by atoms with Crippen molar-refractivity contribution in [3.05, 3.63) is 24.1 Å². The first-order chi connectivity index (χ1) is 17.1. The van der Waals surface area contributed by atoms with Crippen molar-refractivity contribution < 1.29 is 18.4 Å². The smallest absolute Gasteiger partial charge is 0.266 e. The number of aromatic nitrogens is 1. The fourth-order valence-electron chi connectivity index (χ4n) is 5.65. The van der Waals surface area contributed by atoms with E-state index in [9.17, 15) is 14.9 Å². The van der Waals surface area contributed by atoms with E-state index >= 15 is 0 Å². The summed E-state index contributed by atoms with van der Waals surface area (Å²) in [7, 11) is 0. The van der Waals surface area contributed by atoms with E-state index in [0.29, 0.717) is 50.2 Å². The van der Waals surface area contributed by atoms with Gasteiger partial charge in [-0.3, -0.25) is 9.59 Å². The molecule has 0 radical (unpaired) electrons. The molecule has 2 amide bonds. The van der Waals surface area contributed by atoms with Crippen LogP contribution < -0.4 is 10.2 Å². The van der Waals surface area contributed by atoms with Crippen molar-refractivity contribution in [2.45, 2.75) is 63.8 Å². The zero-order valence-electron chi connectivity index (χ0n) is 20.1. The summed E-state index contributed by atoms with van der Waals surface area (Å²) in [5.74, 6) is 1.27. The number of carbonyl (C=O) groups is 2. The summed E-state index contributed by atoms with van der Waals surface area (Å²) in [6.07, 6.45) is 10.4. The fourth-order valence-corrected chi connectivity index (χ4v) is 5.65. The average molecular weight is 480 g/mol. The molecule has 0 spiro atoms. The molecule has 9 nitrogen and oxygen atoms in total. The minimum absolute atomic E-state index is 0.0793. The van der Waals surface area contributed by atoms with Gasteiger partial charge in [-0.2, -0.15) is 10.2 Å². The summed E-state index contributed by atoms with van der Waals surface area (Å²) < 4.78 is 11.2. The van der Waals surface area contributed by atoms with Gasteiger partial charge in [-0.15, -0.1) is 0 Å². The monoisotopic (exact) mass is 479 g/mol. The van der Waals surface area contributed by atoms with E-state index in [1.165, 1.54) is 25.5 Å². The van der Waals surface area contributed by atoms with E-state index in [1.807, 2.05) is 9.80 Å². The molecule has 4 heterocycles. The second kappa shape index (κ2) is 10.5. The van der Waals surface area contributed by atoms with Gasteiger partial charge < -0.3 is 24.0 Å². The van der Waals surface area contributed by atoms with Crippen molar-refractivity contribution in [2.75, 3.05) is 31.1 Å². The first-order valence-corrected chi connectivity index (χ1v) is 12.9. The molecule has 2 aromatic heterocycles. The van der Waals surface area contributed by atoms with Crippen LogP contribution in [0.25, 0.3) is 11.7 Å². The van der Waals surface area contributed by atoms with Crippen LogP contribution in [0.15, 0.2) is 27.2 Å². The molecule has 0 bridgehead atoms. The van der Waals surface area contributed by atoms with Gasteiger partial charge >= 0.3 is 0 Å². The molecule has 2 aliphatic heterocycles. The summed E-state index contributed by atoms with van der Waals surface area (Å²) in [4.78, 5) is 34.3. The standard InChI is InChI=1S/C26H33N5O4/c27-16-21-26(35-24(29-21)22-9-5-15-34-22)30-13-10-18(11-14-30)25(33)31-12-4-6-19(17-31)23(32)28-20-7-2-1-3-8-20/h5,9,15,18-20H,1-4,6-8,10-14,17H2,(H,28,32). The molecule has 1 N–H and O–H groups in total. The Hall–Kier alpha value is -3.28. The molecule has 186 valence electrons. The lowest BCUT2D eigenvalue weighted by Crippen LogP contribution is -2.50. The number of carbonyl (C=O) groups excluding carboxylic acids is 2. The summed E-state index contributed by atoms with van der Waals surface area (Å²) in [6.45, 7) is 2.46. The average Bonchev–Trinajstić information content (AvgIpc) is 3.59. The number of furan rings is 1. The summed E-state index contributed by atoms with van der Waals surface area (Å²) in [6, 6.07) is 5.89. The number of piperidine rings is 2. The normalized spacial score (nSPS) is 22.1. The summed E-state index contributed by atoms with van der Waals surface area (Å²) in [5.41, 5.74) is 0.226. The second-order valence-electron chi connectivity index (χ2n) is 9.99. The number of anilines is 1. The lowest BCUT2D eigenvalue weighted by Gasteiger charge is -2.37. The minimum Gasteiger partial charge on any atom is -0.459 e. The van der Waals surface area contributed by atoms with Crippen LogP contribution in [0.5, 0.6) is 0 Å². The van der Waals surface area contributed by atoms with Crippen LogP contribution in [0.2, 0.25) is 0 Å². The number of nitriles is 1. The predicted octanol–water partition coefficient (Wildman–Crippen LogP) is 3.71. The number of hydrogen-bond acceptors (Lipinski definition) is 7. The third-order valence-corrected chi connectivity index (χ3v) is 7.63. The van der Waals surface area contributed by atoms with Gasteiger partial charge in [0.1, 0.15) is 6.07 Å². The van der Waals surface area contributed by atoms with E-state index in [0.717, 1.165) is 32.2 Å². The van der Waals surface area contributed by atoms with Gasteiger partial charge in [0.05, 0.1) is 12.2 Å². The van der Waals surface area contributed by atoms with Gasteiger partial charge in [-0.05, 0) is 50.7 Å². The Labute approximate surface area is 205 Å². The van der Waals surface area contributed by atoms with Gasteiger partial charge in [0.15, 0.2) is 5.76 Å². The lowest BCUT2D eigenvalue weighted by molar-refractivity contribution is -0.140. The van der Waals surface area contributed by atoms with Crippen LogP contribution in [0.1, 0.15) is 63.5 Å². The molecule has 3 aliphatic rings. The second-order valence-corrected chi connectivity index (χ2v) is 9.99. The van der Waals surface area contributed by atoms with Gasteiger partial charge in [0.2, 0.25) is 23.4 Å². The van der Waals surface area contributed by atoms with Gasteiger partial charge in [0.25, 0.3) is 5.89 Å². The molecule has 1 saturated carbocycles. The van der Waals surface area contributed by atoms with E-state index in [-0.39, 0.29) is 35.2 Å². The molecular formula is C26H33N5O4. The number of likely N-dealkylation sites (tertiary alicyclic amines) is 1. The maximum Gasteiger partial charge on any atom is 0.266 e. The van der Waals surface area contributed by atoms with Gasteiger partial charge in [0, 0.05) is 38.1 Å². The quantitative estimate of drug-likeness (QED) is 0.695. The highest BCUT2D eigenvalue weighted by molar-refractivity contribution is 5.82. The van der Waals surface area contributed by atoms with Crippen molar-refractivity contribution in [1.82, 2.24) is 15.2 Å². The Kier molecular flexibility index (Phi) is 7.07. The van der Waals surface area contributed by atoms with Crippen LogP contribution in [0.4, 0.5) is 5.88 Å². The van der Waals surface area contributed by atoms with Crippen LogP contribution in [-0.2, 0) is 9.59 Å². The molecule has 1 unspecified atom stereocenters. The third-order valence-electron chi connectivity index (χ3n) is 7.63.